The second-order valence-electron chi connectivity index (χ2n) is 8.81. The number of aliphatic imine (C=N–C) groups is 1. The number of benzene rings is 1. The van der Waals surface area contributed by atoms with E-state index in [2.05, 4.69) is 47.5 Å². The molecular formula is C23H36IN3O. The van der Waals surface area contributed by atoms with Gasteiger partial charge in [-0.1, -0.05) is 43.2 Å². The first kappa shape index (κ1) is 21.9. The van der Waals surface area contributed by atoms with Crippen LogP contribution in [0.5, 0.6) is 0 Å². The van der Waals surface area contributed by atoms with Crippen molar-refractivity contribution in [3.8, 4) is 0 Å². The van der Waals surface area contributed by atoms with Crippen molar-refractivity contribution in [3.63, 3.8) is 0 Å². The monoisotopic (exact) mass is 497 g/mol. The summed E-state index contributed by atoms with van der Waals surface area (Å²) in [6.07, 6.45) is 9.11. The van der Waals surface area contributed by atoms with Crippen LogP contribution in [-0.4, -0.2) is 50.3 Å². The summed E-state index contributed by atoms with van der Waals surface area (Å²) in [6, 6.07) is 11.0. The maximum absolute atomic E-state index is 5.69. The normalized spacial score (nSPS) is 23.6. The van der Waals surface area contributed by atoms with Crippen LogP contribution in [0.15, 0.2) is 35.3 Å². The average molecular weight is 497 g/mol. The summed E-state index contributed by atoms with van der Waals surface area (Å²) in [5, 5.41) is 3.58. The Morgan fingerprint density at radius 2 is 1.79 bits per heavy atom. The van der Waals surface area contributed by atoms with E-state index in [1.54, 1.807) is 0 Å². The molecule has 1 aliphatic carbocycles. The SMILES string of the molecule is CCNC(=NCC1(c2ccccc2)CCOCC1)N1CCC2(CCCC2)C1.I. The van der Waals surface area contributed by atoms with Gasteiger partial charge in [-0.3, -0.25) is 4.99 Å². The first-order valence-corrected chi connectivity index (χ1v) is 10.9. The van der Waals surface area contributed by atoms with Gasteiger partial charge < -0.3 is 15.0 Å². The summed E-state index contributed by atoms with van der Waals surface area (Å²) in [5.74, 6) is 1.13. The Labute approximate surface area is 187 Å². The molecular weight excluding hydrogens is 461 g/mol. The predicted molar refractivity (Wildman–Crippen MR) is 127 cm³/mol. The van der Waals surface area contributed by atoms with Gasteiger partial charge in [0.25, 0.3) is 0 Å². The lowest BCUT2D eigenvalue weighted by Gasteiger charge is -2.37. The minimum absolute atomic E-state index is 0. The topological polar surface area (TPSA) is 36.9 Å². The zero-order chi connectivity index (χ0) is 18.6. The summed E-state index contributed by atoms with van der Waals surface area (Å²) in [5.41, 5.74) is 2.11. The largest absolute Gasteiger partial charge is 0.381 e. The molecule has 3 aliphatic rings. The Bertz CT molecular complexity index is 637. The second-order valence-corrected chi connectivity index (χ2v) is 8.81. The number of nitrogens with zero attached hydrogens (tertiary/aromatic N) is 2. The fourth-order valence-corrected chi connectivity index (χ4v) is 5.39. The van der Waals surface area contributed by atoms with E-state index in [0.29, 0.717) is 5.41 Å². The molecule has 0 atom stereocenters. The average Bonchev–Trinajstić information content (AvgIpc) is 3.36. The van der Waals surface area contributed by atoms with Gasteiger partial charge in [0.2, 0.25) is 0 Å². The molecule has 2 saturated heterocycles. The third kappa shape index (κ3) is 4.66. The second kappa shape index (κ2) is 9.79. The van der Waals surface area contributed by atoms with Gasteiger partial charge in [-0.25, -0.2) is 0 Å². The van der Waals surface area contributed by atoms with Crippen LogP contribution in [0.25, 0.3) is 0 Å². The molecule has 4 rings (SSSR count). The van der Waals surface area contributed by atoms with Crippen molar-refractivity contribution in [3.05, 3.63) is 35.9 Å². The first-order chi connectivity index (χ1) is 13.3. The number of hydrogen-bond donors (Lipinski definition) is 1. The van der Waals surface area contributed by atoms with E-state index in [1.807, 2.05) is 0 Å². The number of likely N-dealkylation sites (tertiary alicyclic amines) is 1. The zero-order valence-corrected chi connectivity index (χ0v) is 19.6. The molecule has 0 bridgehead atoms. The fraction of sp³-hybridized carbons (Fsp3) is 0.696. The Morgan fingerprint density at radius 1 is 1.07 bits per heavy atom. The van der Waals surface area contributed by atoms with Crippen LogP contribution in [0.2, 0.25) is 0 Å². The highest BCUT2D eigenvalue weighted by atomic mass is 127. The van der Waals surface area contributed by atoms with E-state index in [9.17, 15) is 0 Å². The summed E-state index contributed by atoms with van der Waals surface area (Å²) < 4.78 is 5.69. The molecule has 0 unspecified atom stereocenters. The molecule has 3 fully saturated rings. The number of nitrogens with one attached hydrogen (secondary N) is 1. The molecule has 1 N–H and O–H groups in total. The molecule has 1 saturated carbocycles. The molecule has 0 radical (unpaired) electrons. The molecule has 156 valence electrons. The van der Waals surface area contributed by atoms with E-state index in [0.717, 1.165) is 51.6 Å². The van der Waals surface area contributed by atoms with Gasteiger partial charge in [0.05, 0.1) is 6.54 Å². The van der Waals surface area contributed by atoms with Crippen molar-refractivity contribution in [2.24, 2.45) is 10.4 Å². The van der Waals surface area contributed by atoms with Gasteiger partial charge in [0.1, 0.15) is 0 Å². The van der Waals surface area contributed by atoms with Crippen LogP contribution in [0.3, 0.4) is 0 Å². The van der Waals surface area contributed by atoms with Crippen LogP contribution in [0.1, 0.15) is 57.4 Å². The summed E-state index contributed by atoms with van der Waals surface area (Å²) in [4.78, 5) is 7.73. The molecule has 2 heterocycles. The highest BCUT2D eigenvalue weighted by Gasteiger charge is 2.41. The molecule has 2 aliphatic heterocycles. The van der Waals surface area contributed by atoms with Gasteiger partial charge in [-0.05, 0) is 50.0 Å². The lowest BCUT2D eigenvalue weighted by atomic mass is 9.74. The molecule has 0 aromatic heterocycles. The van der Waals surface area contributed by atoms with Gasteiger partial charge in [0, 0.05) is 38.3 Å². The third-order valence-corrected chi connectivity index (χ3v) is 7.10. The number of halogens is 1. The number of ether oxygens (including phenoxy) is 1. The molecule has 1 aromatic rings. The smallest absolute Gasteiger partial charge is 0.193 e. The van der Waals surface area contributed by atoms with Crippen molar-refractivity contribution in [1.82, 2.24) is 10.2 Å². The van der Waals surface area contributed by atoms with E-state index in [-0.39, 0.29) is 29.4 Å². The lowest BCUT2D eigenvalue weighted by Crippen LogP contribution is -2.43. The van der Waals surface area contributed by atoms with Gasteiger partial charge in [-0.2, -0.15) is 0 Å². The maximum atomic E-state index is 5.69. The Morgan fingerprint density at radius 3 is 2.46 bits per heavy atom. The molecule has 0 amide bonds. The fourth-order valence-electron chi connectivity index (χ4n) is 5.39. The van der Waals surface area contributed by atoms with Crippen LogP contribution < -0.4 is 5.32 Å². The summed E-state index contributed by atoms with van der Waals surface area (Å²) in [7, 11) is 0. The van der Waals surface area contributed by atoms with Crippen molar-refractivity contribution >= 4 is 29.9 Å². The van der Waals surface area contributed by atoms with Crippen LogP contribution >= 0.6 is 24.0 Å². The molecule has 28 heavy (non-hydrogen) atoms. The third-order valence-electron chi connectivity index (χ3n) is 7.10. The van der Waals surface area contributed by atoms with Crippen molar-refractivity contribution in [2.75, 3.05) is 39.4 Å². The van der Waals surface area contributed by atoms with Crippen LogP contribution in [0.4, 0.5) is 0 Å². The molecule has 1 aromatic carbocycles. The number of guanidine groups is 1. The lowest BCUT2D eigenvalue weighted by molar-refractivity contribution is 0.0530. The molecule has 5 heteroatoms. The minimum atomic E-state index is 0. The number of hydrogen-bond acceptors (Lipinski definition) is 2. The highest BCUT2D eigenvalue weighted by Crippen LogP contribution is 2.45. The zero-order valence-electron chi connectivity index (χ0n) is 17.3. The van der Waals surface area contributed by atoms with Crippen molar-refractivity contribution in [1.29, 1.82) is 0 Å². The summed E-state index contributed by atoms with van der Waals surface area (Å²) in [6.45, 7) is 8.00. The number of rotatable bonds is 4. The van der Waals surface area contributed by atoms with E-state index in [4.69, 9.17) is 9.73 Å². The van der Waals surface area contributed by atoms with Gasteiger partial charge in [-0.15, -0.1) is 24.0 Å². The molecule has 4 nitrogen and oxygen atoms in total. The molecule has 1 spiro atoms. The van der Waals surface area contributed by atoms with E-state index < -0.39 is 0 Å². The standard InChI is InChI=1S/C23H35N3O.HI/c1-2-24-21(26-15-12-22(19-26)10-6-7-11-22)25-18-23(13-16-27-17-14-23)20-8-4-3-5-9-20;/h3-5,8-9H,2,6-7,10-19H2,1H3,(H,24,25);1H. The Hall–Kier alpha value is -0.820. The van der Waals surface area contributed by atoms with Crippen LogP contribution in [-0.2, 0) is 10.2 Å². The highest BCUT2D eigenvalue weighted by molar-refractivity contribution is 14.0. The van der Waals surface area contributed by atoms with Crippen molar-refractivity contribution < 1.29 is 4.74 Å². The summed E-state index contributed by atoms with van der Waals surface area (Å²) >= 11 is 0. The van der Waals surface area contributed by atoms with Gasteiger partial charge >= 0.3 is 0 Å². The Kier molecular flexibility index (Phi) is 7.65. The minimum Gasteiger partial charge on any atom is -0.381 e. The van der Waals surface area contributed by atoms with E-state index in [1.165, 1.54) is 44.2 Å². The van der Waals surface area contributed by atoms with Crippen molar-refractivity contribution in [2.45, 2.75) is 57.3 Å². The van der Waals surface area contributed by atoms with Crippen LogP contribution in [0, 0.1) is 5.41 Å². The van der Waals surface area contributed by atoms with E-state index >= 15 is 0 Å². The quantitative estimate of drug-likeness (QED) is 0.376. The first-order valence-electron chi connectivity index (χ1n) is 10.9. The van der Waals surface area contributed by atoms with Gasteiger partial charge in [0.15, 0.2) is 5.96 Å². The maximum Gasteiger partial charge on any atom is 0.193 e. The predicted octanol–water partition coefficient (Wildman–Crippen LogP) is 4.58. The Balaban J connectivity index is 0.00000225.